The lowest BCUT2D eigenvalue weighted by molar-refractivity contribution is -0.169. The molecule has 0 saturated carbocycles. The van der Waals surface area contributed by atoms with Gasteiger partial charge in [-0.15, -0.1) is 0 Å². The van der Waals surface area contributed by atoms with Gasteiger partial charge in [-0.2, -0.15) is 13.2 Å². The van der Waals surface area contributed by atoms with E-state index in [2.05, 4.69) is 10.3 Å². The number of anilines is 2. The van der Waals surface area contributed by atoms with E-state index < -0.39 is 18.1 Å². The summed E-state index contributed by atoms with van der Waals surface area (Å²) in [5.74, 6) is -2.32. The van der Waals surface area contributed by atoms with Crippen molar-refractivity contribution in [3.8, 4) is 0 Å². The number of halogens is 4. The second-order valence-corrected chi connectivity index (χ2v) is 5.78. The number of fused-ring (bicyclic) bond motifs is 1. The van der Waals surface area contributed by atoms with Crippen LogP contribution in [0, 0.1) is 0 Å². The molecule has 0 aliphatic carbocycles. The average molecular weight is 394 g/mol. The van der Waals surface area contributed by atoms with Crippen molar-refractivity contribution in [2.75, 3.05) is 10.2 Å². The van der Waals surface area contributed by atoms with Gasteiger partial charge in [0.2, 0.25) is 0 Å². The van der Waals surface area contributed by atoms with Crippen LogP contribution in [0.15, 0.2) is 60.8 Å². The number of nitrogens with one attached hydrogen (secondary N) is 1. The molecule has 0 radical (unpaired) electrons. The van der Waals surface area contributed by atoms with Crippen LogP contribution in [0.1, 0.15) is 0 Å². The summed E-state index contributed by atoms with van der Waals surface area (Å²) in [6, 6.07) is 12.3. The van der Waals surface area contributed by atoms with Crippen molar-refractivity contribution in [2.24, 2.45) is 0 Å². The number of rotatable bonds is 2. The minimum absolute atomic E-state index is 0.00548. The highest BCUT2D eigenvalue weighted by molar-refractivity contribution is 6.38. The molecule has 0 aliphatic rings. The molecule has 138 valence electrons. The van der Waals surface area contributed by atoms with Gasteiger partial charge in [0.15, 0.2) is 0 Å². The van der Waals surface area contributed by atoms with Crippen molar-refractivity contribution in [1.29, 1.82) is 0 Å². The summed E-state index contributed by atoms with van der Waals surface area (Å²) in [5.41, 5.74) is 0.297. The van der Waals surface area contributed by atoms with E-state index in [4.69, 9.17) is 11.6 Å². The number of urea groups is 1. The number of para-hydroxylation sites is 2. The standard InChI is InChI=1S/C18H11ClF3N3O2/c19-15-12-8-4-5-9-13(12)23-10-14(15)24-17(27)25(16(26)18(20,21)22)11-6-2-1-3-7-11/h1-10H,(H,24,27). The van der Waals surface area contributed by atoms with E-state index in [1.165, 1.54) is 30.5 Å². The predicted octanol–water partition coefficient (Wildman–Crippen LogP) is 5.02. The van der Waals surface area contributed by atoms with Crippen LogP contribution in [-0.4, -0.2) is 23.1 Å². The van der Waals surface area contributed by atoms with Gasteiger partial charge < -0.3 is 5.32 Å². The number of alkyl halides is 3. The Labute approximate surface area is 156 Å². The zero-order valence-electron chi connectivity index (χ0n) is 13.5. The summed E-state index contributed by atoms with van der Waals surface area (Å²) in [6.07, 6.45) is -4.03. The van der Waals surface area contributed by atoms with E-state index in [-0.39, 0.29) is 21.3 Å². The molecule has 9 heteroatoms. The Morgan fingerprint density at radius 1 is 1.00 bits per heavy atom. The molecule has 3 amide bonds. The van der Waals surface area contributed by atoms with Crippen molar-refractivity contribution >= 4 is 45.8 Å². The highest BCUT2D eigenvalue weighted by Gasteiger charge is 2.45. The topological polar surface area (TPSA) is 62.3 Å². The maximum absolute atomic E-state index is 13.0. The fourth-order valence-electron chi connectivity index (χ4n) is 2.40. The van der Waals surface area contributed by atoms with Gasteiger partial charge >= 0.3 is 18.1 Å². The Balaban J connectivity index is 1.98. The highest BCUT2D eigenvalue weighted by atomic mass is 35.5. The number of hydrogen-bond donors (Lipinski definition) is 1. The number of aromatic nitrogens is 1. The van der Waals surface area contributed by atoms with Gasteiger partial charge in [-0.1, -0.05) is 48.0 Å². The normalized spacial score (nSPS) is 11.3. The van der Waals surface area contributed by atoms with Gasteiger partial charge in [-0.25, -0.2) is 9.69 Å². The first-order valence-corrected chi connectivity index (χ1v) is 7.97. The van der Waals surface area contributed by atoms with E-state index >= 15 is 0 Å². The van der Waals surface area contributed by atoms with Crippen LogP contribution in [0.4, 0.5) is 29.3 Å². The Hall–Kier alpha value is -3.13. The van der Waals surface area contributed by atoms with E-state index in [0.29, 0.717) is 10.9 Å². The highest BCUT2D eigenvalue weighted by Crippen LogP contribution is 2.30. The molecule has 1 N–H and O–H groups in total. The number of benzene rings is 2. The van der Waals surface area contributed by atoms with Crippen molar-refractivity contribution in [3.63, 3.8) is 0 Å². The van der Waals surface area contributed by atoms with Crippen molar-refractivity contribution < 1.29 is 22.8 Å². The zero-order valence-corrected chi connectivity index (χ0v) is 14.3. The van der Waals surface area contributed by atoms with Gasteiger partial charge in [0, 0.05) is 5.39 Å². The van der Waals surface area contributed by atoms with Gasteiger partial charge in [0.1, 0.15) is 0 Å². The molecular formula is C18H11ClF3N3O2. The first-order valence-electron chi connectivity index (χ1n) is 7.59. The second kappa shape index (κ2) is 7.24. The molecular weight excluding hydrogens is 383 g/mol. The molecule has 0 bridgehead atoms. The predicted molar refractivity (Wildman–Crippen MR) is 95.8 cm³/mol. The number of pyridine rings is 1. The van der Waals surface area contributed by atoms with Crippen LogP contribution in [0.2, 0.25) is 5.02 Å². The minimum Gasteiger partial charge on any atom is -0.304 e. The van der Waals surface area contributed by atoms with Crippen LogP contribution < -0.4 is 10.2 Å². The molecule has 3 aromatic rings. The van der Waals surface area contributed by atoms with Crippen molar-refractivity contribution in [2.45, 2.75) is 6.18 Å². The van der Waals surface area contributed by atoms with Crippen LogP contribution in [0.5, 0.6) is 0 Å². The monoisotopic (exact) mass is 393 g/mol. The number of imide groups is 1. The van der Waals surface area contributed by atoms with E-state index in [0.717, 1.165) is 0 Å². The summed E-state index contributed by atoms with van der Waals surface area (Å²) in [4.78, 5) is 28.4. The van der Waals surface area contributed by atoms with Crippen molar-refractivity contribution in [3.05, 3.63) is 65.8 Å². The van der Waals surface area contributed by atoms with Crippen LogP contribution in [0.3, 0.4) is 0 Å². The van der Waals surface area contributed by atoms with Crippen molar-refractivity contribution in [1.82, 2.24) is 4.98 Å². The molecule has 0 aliphatic heterocycles. The van der Waals surface area contributed by atoms with Gasteiger partial charge in [0.05, 0.1) is 28.1 Å². The average Bonchev–Trinajstić information content (AvgIpc) is 2.64. The van der Waals surface area contributed by atoms with Gasteiger partial charge in [-0.3, -0.25) is 9.78 Å². The Morgan fingerprint density at radius 3 is 2.30 bits per heavy atom. The van der Waals surface area contributed by atoms with Crippen LogP contribution in [-0.2, 0) is 4.79 Å². The SMILES string of the molecule is O=C(Nc1cnc2ccccc2c1Cl)N(C(=O)C(F)(F)F)c1ccccc1. The lowest BCUT2D eigenvalue weighted by atomic mass is 10.2. The first kappa shape index (κ1) is 18.7. The molecule has 0 spiro atoms. The van der Waals surface area contributed by atoms with Crippen LogP contribution >= 0.6 is 11.6 Å². The molecule has 0 fully saturated rings. The maximum Gasteiger partial charge on any atom is 0.472 e. The fourth-order valence-corrected chi connectivity index (χ4v) is 2.65. The summed E-state index contributed by atoms with van der Waals surface area (Å²) in [6.45, 7) is 0. The molecule has 0 saturated heterocycles. The molecule has 27 heavy (non-hydrogen) atoms. The molecule has 0 atom stereocenters. The molecule has 0 unspecified atom stereocenters. The number of hydrogen-bond acceptors (Lipinski definition) is 3. The number of carbonyl (C=O) groups is 2. The summed E-state index contributed by atoms with van der Waals surface area (Å²) >= 11 is 6.23. The minimum atomic E-state index is -5.24. The molecule has 2 aromatic carbocycles. The third-order valence-electron chi connectivity index (χ3n) is 3.61. The van der Waals surface area contributed by atoms with E-state index in [1.807, 2.05) is 0 Å². The van der Waals surface area contributed by atoms with E-state index in [9.17, 15) is 22.8 Å². The molecule has 5 nitrogen and oxygen atoms in total. The third kappa shape index (κ3) is 3.85. The largest absolute Gasteiger partial charge is 0.472 e. The zero-order chi connectivity index (χ0) is 19.6. The summed E-state index contributed by atoms with van der Waals surface area (Å²) in [7, 11) is 0. The lowest BCUT2D eigenvalue weighted by Gasteiger charge is -2.22. The van der Waals surface area contributed by atoms with Gasteiger partial charge in [0.25, 0.3) is 0 Å². The Morgan fingerprint density at radius 2 is 1.63 bits per heavy atom. The summed E-state index contributed by atoms with van der Waals surface area (Å²) < 4.78 is 38.9. The molecule has 1 aromatic heterocycles. The fraction of sp³-hybridized carbons (Fsp3) is 0.0556. The smallest absolute Gasteiger partial charge is 0.304 e. The van der Waals surface area contributed by atoms with E-state index in [1.54, 1.807) is 30.3 Å². The Bertz CT molecular complexity index is 1010. The quantitative estimate of drug-likeness (QED) is 0.665. The molecule has 3 rings (SSSR count). The maximum atomic E-state index is 13.0. The summed E-state index contributed by atoms with van der Waals surface area (Å²) in [5, 5.41) is 2.83. The first-order chi connectivity index (χ1) is 12.8. The van der Waals surface area contributed by atoms with Gasteiger partial charge in [-0.05, 0) is 18.2 Å². The molecule has 1 heterocycles. The lowest BCUT2D eigenvalue weighted by Crippen LogP contribution is -2.47. The number of amides is 3. The third-order valence-corrected chi connectivity index (χ3v) is 4.02. The Kier molecular flexibility index (Phi) is 5.00. The second-order valence-electron chi connectivity index (χ2n) is 5.41. The van der Waals surface area contributed by atoms with Crippen LogP contribution in [0.25, 0.3) is 10.9 Å². The number of carbonyl (C=O) groups excluding carboxylic acids is 2. The number of nitrogens with zero attached hydrogens (tertiary/aromatic N) is 2.